The highest BCUT2D eigenvalue weighted by atomic mass is 16.2. The Morgan fingerprint density at radius 3 is 2.52 bits per heavy atom. The van der Waals surface area contributed by atoms with Crippen LogP contribution >= 0.6 is 0 Å². The standard InChI is InChI=1S/C22H33N3O2/c1-15(2)12-20(22(27)24-18-10-4-3-5-11-18)25-21(26)19-13-16-8-6-7-9-17(16)14-23-19/h6-9,15,18-20,23H,3-5,10-14H2,1-2H3,(H,24,27)(H,25,26)/p+1/t19-,20-/m0/s1. The smallest absolute Gasteiger partial charge is 0.279 e. The number of nitrogens with one attached hydrogen (secondary N) is 2. The second kappa shape index (κ2) is 9.36. The van der Waals surface area contributed by atoms with Gasteiger partial charge < -0.3 is 16.0 Å². The first-order valence-electron chi connectivity index (χ1n) is 10.5. The van der Waals surface area contributed by atoms with Crippen LogP contribution in [-0.2, 0) is 22.6 Å². The molecule has 148 valence electrons. The molecule has 0 saturated heterocycles. The van der Waals surface area contributed by atoms with E-state index in [1.165, 1.54) is 30.4 Å². The predicted octanol–water partition coefficient (Wildman–Crippen LogP) is 1.65. The van der Waals surface area contributed by atoms with Crippen LogP contribution in [0.3, 0.4) is 0 Å². The Morgan fingerprint density at radius 1 is 1.11 bits per heavy atom. The van der Waals surface area contributed by atoms with Crippen molar-refractivity contribution >= 4 is 11.8 Å². The number of fused-ring (bicyclic) bond motifs is 1. The van der Waals surface area contributed by atoms with Gasteiger partial charge in [-0.15, -0.1) is 0 Å². The van der Waals surface area contributed by atoms with E-state index in [-0.39, 0.29) is 23.9 Å². The van der Waals surface area contributed by atoms with Gasteiger partial charge in [-0.05, 0) is 30.7 Å². The quantitative estimate of drug-likeness (QED) is 0.710. The monoisotopic (exact) mass is 372 g/mol. The van der Waals surface area contributed by atoms with E-state index in [1.54, 1.807) is 0 Å². The SMILES string of the molecule is CC(C)C[C@H](NC(=O)[C@@H]1Cc2ccccc2C[NH2+]1)C(=O)NC1CCCCC1. The summed E-state index contributed by atoms with van der Waals surface area (Å²) in [4.78, 5) is 25.7. The van der Waals surface area contributed by atoms with Gasteiger partial charge in [-0.3, -0.25) is 9.59 Å². The molecule has 2 aliphatic rings. The number of carbonyl (C=O) groups excluding carboxylic acids is 2. The lowest BCUT2D eigenvalue weighted by Crippen LogP contribution is -2.93. The minimum Gasteiger partial charge on any atom is -0.352 e. The number of quaternary nitrogens is 1. The average molecular weight is 373 g/mol. The van der Waals surface area contributed by atoms with E-state index in [2.05, 4.69) is 41.9 Å². The number of hydrogen-bond donors (Lipinski definition) is 3. The molecule has 1 aliphatic heterocycles. The summed E-state index contributed by atoms with van der Waals surface area (Å²) in [6.07, 6.45) is 7.14. The largest absolute Gasteiger partial charge is 0.352 e. The van der Waals surface area contributed by atoms with Gasteiger partial charge in [-0.1, -0.05) is 57.4 Å². The van der Waals surface area contributed by atoms with Crippen molar-refractivity contribution in [1.82, 2.24) is 10.6 Å². The molecule has 0 spiro atoms. The van der Waals surface area contributed by atoms with Crippen LogP contribution in [0.4, 0.5) is 0 Å². The molecule has 2 atom stereocenters. The van der Waals surface area contributed by atoms with E-state index < -0.39 is 6.04 Å². The van der Waals surface area contributed by atoms with Crippen molar-refractivity contribution < 1.29 is 14.9 Å². The molecule has 1 heterocycles. The molecule has 1 aromatic carbocycles. The van der Waals surface area contributed by atoms with Crippen LogP contribution in [0.15, 0.2) is 24.3 Å². The lowest BCUT2D eigenvalue weighted by molar-refractivity contribution is -0.695. The number of nitrogens with two attached hydrogens (primary N) is 1. The Bertz CT molecular complexity index is 653. The molecule has 4 N–H and O–H groups in total. The molecule has 0 radical (unpaired) electrons. The van der Waals surface area contributed by atoms with Crippen LogP contribution in [0, 0.1) is 5.92 Å². The third-order valence-corrected chi connectivity index (χ3v) is 5.81. The Balaban J connectivity index is 1.60. The molecule has 0 aromatic heterocycles. The minimum absolute atomic E-state index is 0.0137. The van der Waals surface area contributed by atoms with Crippen LogP contribution in [-0.4, -0.2) is 29.9 Å². The molecule has 27 heavy (non-hydrogen) atoms. The van der Waals surface area contributed by atoms with Gasteiger partial charge >= 0.3 is 0 Å². The number of hydrogen-bond acceptors (Lipinski definition) is 2. The van der Waals surface area contributed by atoms with Crippen LogP contribution in [0.2, 0.25) is 0 Å². The third-order valence-electron chi connectivity index (χ3n) is 5.81. The van der Waals surface area contributed by atoms with E-state index >= 15 is 0 Å². The summed E-state index contributed by atoms with van der Waals surface area (Å²) in [6, 6.07) is 7.97. The summed E-state index contributed by atoms with van der Waals surface area (Å²) in [5.41, 5.74) is 2.54. The number of carbonyl (C=O) groups is 2. The zero-order chi connectivity index (χ0) is 19.2. The van der Waals surface area contributed by atoms with Crippen LogP contribution in [0.1, 0.15) is 63.5 Å². The van der Waals surface area contributed by atoms with Gasteiger partial charge in [0.1, 0.15) is 12.6 Å². The lowest BCUT2D eigenvalue weighted by atomic mass is 9.94. The van der Waals surface area contributed by atoms with Gasteiger partial charge in [0.05, 0.1) is 0 Å². The maximum atomic E-state index is 12.9. The van der Waals surface area contributed by atoms with Crippen molar-refractivity contribution in [3.63, 3.8) is 0 Å². The highest BCUT2D eigenvalue weighted by Gasteiger charge is 2.32. The maximum absolute atomic E-state index is 12.9. The molecule has 0 bridgehead atoms. The summed E-state index contributed by atoms with van der Waals surface area (Å²) in [5, 5.41) is 8.33. The summed E-state index contributed by atoms with van der Waals surface area (Å²) in [5.74, 6) is 0.317. The van der Waals surface area contributed by atoms with Crippen molar-refractivity contribution in [3.8, 4) is 0 Å². The van der Waals surface area contributed by atoms with Gasteiger partial charge in [-0.25, -0.2) is 0 Å². The summed E-state index contributed by atoms with van der Waals surface area (Å²) in [7, 11) is 0. The van der Waals surface area contributed by atoms with Crippen molar-refractivity contribution in [2.24, 2.45) is 5.92 Å². The highest BCUT2D eigenvalue weighted by molar-refractivity contribution is 5.89. The molecule has 2 amide bonds. The Hall–Kier alpha value is -1.88. The summed E-state index contributed by atoms with van der Waals surface area (Å²) in [6.45, 7) is 5.00. The maximum Gasteiger partial charge on any atom is 0.279 e. The highest BCUT2D eigenvalue weighted by Crippen LogP contribution is 2.18. The van der Waals surface area contributed by atoms with E-state index in [4.69, 9.17) is 0 Å². The fourth-order valence-electron chi connectivity index (χ4n) is 4.28. The van der Waals surface area contributed by atoms with Gasteiger partial charge in [0.15, 0.2) is 6.04 Å². The average Bonchev–Trinajstić information content (AvgIpc) is 2.67. The first kappa shape index (κ1) is 19.9. The topological polar surface area (TPSA) is 74.8 Å². The normalized spacial score (nSPS) is 21.4. The second-order valence-electron chi connectivity index (χ2n) is 8.55. The van der Waals surface area contributed by atoms with E-state index in [1.807, 2.05) is 12.1 Å². The zero-order valence-electron chi connectivity index (χ0n) is 16.7. The fraction of sp³-hybridized carbons (Fsp3) is 0.636. The van der Waals surface area contributed by atoms with E-state index in [0.29, 0.717) is 12.3 Å². The Kier molecular flexibility index (Phi) is 6.89. The predicted molar refractivity (Wildman–Crippen MR) is 106 cm³/mol. The fourth-order valence-corrected chi connectivity index (χ4v) is 4.28. The molecule has 1 fully saturated rings. The molecule has 1 aromatic rings. The number of amides is 2. The summed E-state index contributed by atoms with van der Waals surface area (Å²) >= 11 is 0. The number of rotatable bonds is 6. The summed E-state index contributed by atoms with van der Waals surface area (Å²) < 4.78 is 0. The van der Waals surface area contributed by atoms with Crippen LogP contribution < -0.4 is 16.0 Å². The molecular weight excluding hydrogens is 338 g/mol. The van der Waals surface area contributed by atoms with Gasteiger partial charge in [0, 0.05) is 18.0 Å². The molecule has 0 unspecified atom stereocenters. The first-order chi connectivity index (χ1) is 13.0. The Labute approximate surface area is 162 Å². The molecule has 5 heteroatoms. The first-order valence-corrected chi connectivity index (χ1v) is 10.5. The lowest BCUT2D eigenvalue weighted by Gasteiger charge is -2.28. The molecular formula is C22H34N3O2+. The van der Waals surface area contributed by atoms with Crippen LogP contribution in [0.25, 0.3) is 0 Å². The molecule has 1 aliphatic carbocycles. The van der Waals surface area contributed by atoms with Crippen LogP contribution in [0.5, 0.6) is 0 Å². The second-order valence-corrected chi connectivity index (χ2v) is 8.55. The van der Waals surface area contributed by atoms with Gasteiger partial charge in [0.25, 0.3) is 5.91 Å². The van der Waals surface area contributed by atoms with E-state index in [0.717, 1.165) is 25.8 Å². The molecule has 5 nitrogen and oxygen atoms in total. The van der Waals surface area contributed by atoms with Crippen molar-refractivity contribution in [1.29, 1.82) is 0 Å². The van der Waals surface area contributed by atoms with Crippen molar-refractivity contribution in [2.45, 2.75) is 83.5 Å². The van der Waals surface area contributed by atoms with Crippen molar-refractivity contribution in [2.75, 3.05) is 0 Å². The molecule has 3 rings (SSSR count). The minimum atomic E-state index is -0.440. The molecule has 1 saturated carbocycles. The zero-order valence-corrected chi connectivity index (χ0v) is 16.7. The number of benzene rings is 1. The van der Waals surface area contributed by atoms with E-state index in [9.17, 15) is 9.59 Å². The van der Waals surface area contributed by atoms with Gasteiger partial charge in [-0.2, -0.15) is 0 Å². The van der Waals surface area contributed by atoms with Gasteiger partial charge in [0.2, 0.25) is 5.91 Å². The third kappa shape index (κ3) is 5.55. The Morgan fingerprint density at radius 2 is 1.81 bits per heavy atom. The van der Waals surface area contributed by atoms with Crippen molar-refractivity contribution in [3.05, 3.63) is 35.4 Å².